The molecule has 0 bridgehead atoms. The number of halogens is 1. The monoisotopic (exact) mass is 490 g/mol. The third kappa shape index (κ3) is 6.76. The van der Waals surface area contributed by atoms with Gasteiger partial charge in [0.25, 0.3) is 0 Å². The summed E-state index contributed by atoms with van der Waals surface area (Å²) in [7, 11) is 0. The van der Waals surface area contributed by atoms with E-state index < -0.39 is 23.7 Å². The number of hydrogen-bond donors (Lipinski definition) is 2. The summed E-state index contributed by atoms with van der Waals surface area (Å²) in [5.41, 5.74) is 8.22. The number of benzene rings is 2. The maximum atomic E-state index is 14.1. The van der Waals surface area contributed by atoms with Gasteiger partial charge in [-0.3, -0.25) is 14.6 Å². The number of rotatable bonds is 11. The Morgan fingerprint density at radius 2 is 1.67 bits per heavy atom. The Balaban J connectivity index is 1.90. The molecule has 0 aliphatic rings. The maximum absolute atomic E-state index is 14.1. The van der Waals surface area contributed by atoms with Crippen LogP contribution in [-0.4, -0.2) is 46.9 Å². The quantitative estimate of drug-likeness (QED) is 0.425. The molecule has 3 unspecified atom stereocenters. The van der Waals surface area contributed by atoms with E-state index in [-0.39, 0.29) is 30.8 Å². The van der Waals surface area contributed by atoms with Crippen LogP contribution in [0.2, 0.25) is 0 Å². The summed E-state index contributed by atoms with van der Waals surface area (Å²) in [6.45, 7) is 6.69. The number of nitrogens with one attached hydrogen (secondary N) is 1. The van der Waals surface area contributed by atoms with Gasteiger partial charge in [-0.15, -0.1) is 0 Å². The van der Waals surface area contributed by atoms with Crippen molar-refractivity contribution in [3.05, 3.63) is 102 Å². The Morgan fingerprint density at radius 1 is 1.00 bits per heavy atom. The minimum atomic E-state index is -0.923. The van der Waals surface area contributed by atoms with E-state index in [4.69, 9.17) is 5.73 Å². The van der Waals surface area contributed by atoms with Gasteiger partial charge in [0, 0.05) is 37.4 Å². The van der Waals surface area contributed by atoms with E-state index in [1.807, 2.05) is 68.1 Å². The molecular formula is C29H35FN4O2. The number of nitrogens with two attached hydrogens (primary N) is 1. The molecule has 2 aromatic carbocycles. The first-order chi connectivity index (χ1) is 17.3. The molecule has 0 fully saturated rings. The Kier molecular flexibility index (Phi) is 9.70. The van der Waals surface area contributed by atoms with Crippen LogP contribution in [0.15, 0.2) is 79.1 Å². The molecule has 3 rings (SSSR count). The Hall–Kier alpha value is -3.58. The van der Waals surface area contributed by atoms with Gasteiger partial charge in [0.2, 0.25) is 11.8 Å². The van der Waals surface area contributed by atoms with Gasteiger partial charge in [-0.05, 0) is 56.0 Å². The van der Waals surface area contributed by atoms with Crippen molar-refractivity contribution < 1.29 is 14.0 Å². The normalized spacial score (nSPS) is 13.6. The second-order valence-electron chi connectivity index (χ2n) is 9.15. The zero-order valence-corrected chi connectivity index (χ0v) is 21.1. The van der Waals surface area contributed by atoms with Gasteiger partial charge in [-0.2, -0.15) is 0 Å². The number of nitrogens with zero attached hydrogens (tertiary/aromatic N) is 2. The molecule has 190 valence electrons. The van der Waals surface area contributed by atoms with Crippen LogP contribution >= 0.6 is 0 Å². The van der Waals surface area contributed by atoms with E-state index in [9.17, 15) is 14.0 Å². The highest BCUT2D eigenvalue weighted by Crippen LogP contribution is 2.34. The molecule has 0 saturated heterocycles. The van der Waals surface area contributed by atoms with E-state index in [1.54, 1.807) is 30.6 Å². The van der Waals surface area contributed by atoms with Gasteiger partial charge in [0.05, 0.1) is 12.0 Å². The number of hydrogen-bond acceptors (Lipinski definition) is 4. The highest BCUT2D eigenvalue weighted by Gasteiger charge is 2.35. The lowest BCUT2D eigenvalue weighted by atomic mass is 9.80. The molecule has 3 N–H and O–H groups in total. The molecule has 7 heteroatoms. The fourth-order valence-corrected chi connectivity index (χ4v) is 4.52. The van der Waals surface area contributed by atoms with Gasteiger partial charge in [0.1, 0.15) is 5.82 Å². The maximum Gasteiger partial charge on any atom is 0.237 e. The number of pyridine rings is 1. The first kappa shape index (κ1) is 27.0. The van der Waals surface area contributed by atoms with Gasteiger partial charge < -0.3 is 16.0 Å². The molecular weight excluding hydrogens is 455 g/mol. The SMILES string of the molecule is CCN(C(=O)C(c1cccnc1)C(CNC(=O)C(N)Cc1ccccc1F)c1ccccc1)C(C)C. The van der Waals surface area contributed by atoms with Crippen molar-refractivity contribution in [2.75, 3.05) is 13.1 Å². The molecule has 1 heterocycles. The predicted molar refractivity (Wildman–Crippen MR) is 140 cm³/mol. The van der Waals surface area contributed by atoms with Crippen LogP contribution in [0.5, 0.6) is 0 Å². The molecule has 36 heavy (non-hydrogen) atoms. The Labute approximate surface area is 212 Å². The fraction of sp³-hybridized carbons (Fsp3) is 0.345. The van der Waals surface area contributed by atoms with Gasteiger partial charge >= 0.3 is 0 Å². The van der Waals surface area contributed by atoms with E-state index in [0.717, 1.165) is 11.1 Å². The second kappa shape index (κ2) is 12.9. The smallest absolute Gasteiger partial charge is 0.237 e. The number of amides is 2. The van der Waals surface area contributed by atoms with Crippen LogP contribution in [-0.2, 0) is 16.0 Å². The minimum absolute atomic E-state index is 0.0156. The number of carbonyl (C=O) groups excluding carboxylic acids is 2. The summed E-state index contributed by atoms with van der Waals surface area (Å²) < 4.78 is 14.1. The molecule has 1 aromatic heterocycles. The Morgan fingerprint density at radius 3 is 2.28 bits per heavy atom. The van der Waals surface area contributed by atoms with Crippen LogP contribution in [0.3, 0.4) is 0 Å². The number of carbonyl (C=O) groups is 2. The van der Waals surface area contributed by atoms with E-state index >= 15 is 0 Å². The molecule has 3 aromatic rings. The topological polar surface area (TPSA) is 88.3 Å². The van der Waals surface area contributed by atoms with Crippen molar-refractivity contribution in [3.8, 4) is 0 Å². The lowest BCUT2D eigenvalue weighted by Gasteiger charge is -2.34. The standard InChI is InChI=1S/C29H35FN4O2/c1-4-34(20(2)3)29(36)27(23-14-10-16-32-18-23)24(21-11-6-5-7-12-21)19-33-28(35)26(31)17-22-13-8-9-15-25(22)30/h5-16,18,20,24,26-27H,4,17,19,31H2,1-3H3,(H,33,35). The van der Waals surface area contributed by atoms with Crippen molar-refractivity contribution >= 4 is 11.8 Å². The number of aromatic nitrogens is 1. The van der Waals surface area contributed by atoms with Gasteiger partial charge in [-0.1, -0.05) is 54.6 Å². The summed E-state index contributed by atoms with van der Waals surface area (Å²) in [5, 5.41) is 2.93. The van der Waals surface area contributed by atoms with Crippen LogP contribution < -0.4 is 11.1 Å². The van der Waals surface area contributed by atoms with E-state index in [1.165, 1.54) is 6.07 Å². The van der Waals surface area contributed by atoms with Crippen molar-refractivity contribution in [3.63, 3.8) is 0 Å². The first-order valence-electron chi connectivity index (χ1n) is 12.4. The lowest BCUT2D eigenvalue weighted by Crippen LogP contribution is -2.46. The van der Waals surface area contributed by atoms with Crippen LogP contribution in [0.4, 0.5) is 4.39 Å². The highest BCUT2D eigenvalue weighted by molar-refractivity contribution is 5.86. The van der Waals surface area contributed by atoms with Crippen molar-refractivity contribution in [2.24, 2.45) is 5.73 Å². The summed E-state index contributed by atoms with van der Waals surface area (Å²) in [5.74, 6) is -1.74. The van der Waals surface area contributed by atoms with Crippen LogP contribution in [0.1, 0.15) is 49.3 Å². The molecule has 0 aliphatic carbocycles. The summed E-state index contributed by atoms with van der Waals surface area (Å²) in [6.07, 6.45) is 3.46. The van der Waals surface area contributed by atoms with Crippen molar-refractivity contribution in [2.45, 2.75) is 51.1 Å². The minimum Gasteiger partial charge on any atom is -0.354 e. The fourth-order valence-electron chi connectivity index (χ4n) is 4.52. The molecule has 6 nitrogen and oxygen atoms in total. The summed E-state index contributed by atoms with van der Waals surface area (Å²) >= 11 is 0. The third-order valence-electron chi connectivity index (χ3n) is 6.42. The first-order valence-corrected chi connectivity index (χ1v) is 12.4. The molecule has 0 aliphatic heterocycles. The predicted octanol–water partition coefficient (Wildman–Crippen LogP) is 4.03. The van der Waals surface area contributed by atoms with E-state index in [2.05, 4.69) is 10.3 Å². The molecule has 0 saturated carbocycles. The van der Waals surface area contributed by atoms with Crippen LogP contribution in [0.25, 0.3) is 0 Å². The van der Waals surface area contributed by atoms with Crippen molar-refractivity contribution in [1.29, 1.82) is 0 Å². The lowest BCUT2D eigenvalue weighted by molar-refractivity contribution is -0.135. The summed E-state index contributed by atoms with van der Waals surface area (Å²) in [4.78, 5) is 33.0. The Bertz CT molecular complexity index is 1120. The molecule has 2 amide bonds. The van der Waals surface area contributed by atoms with E-state index in [0.29, 0.717) is 12.1 Å². The molecule has 0 spiro atoms. The zero-order valence-electron chi connectivity index (χ0n) is 21.1. The number of likely N-dealkylation sites (N-methyl/N-ethyl adjacent to an activating group) is 1. The molecule has 3 atom stereocenters. The van der Waals surface area contributed by atoms with Crippen LogP contribution in [0, 0.1) is 5.82 Å². The molecule has 0 radical (unpaired) electrons. The summed E-state index contributed by atoms with van der Waals surface area (Å²) in [6, 6.07) is 18.7. The third-order valence-corrected chi connectivity index (χ3v) is 6.42. The van der Waals surface area contributed by atoms with Crippen molar-refractivity contribution in [1.82, 2.24) is 15.2 Å². The largest absolute Gasteiger partial charge is 0.354 e. The average Bonchev–Trinajstić information content (AvgIpc) is 2.88. The highest BCUT2D eigenvalue weighted by atomic mass is 19.1. The van der Waals surface area contributed by atoms with Gasteiger partial charge in [-0.25, -0.2) is 4.39 Å². The second-order valence-corrected chi connectivity index (χ2v) is 9.15. The van der Waals surface area contributed by atoms with Gasteiger partial charge in [0.15, 0.2) is 0 Å². The average molecular weight is 491 g/mol. The zero-order chi connectivity index (χ0) is 26.1.